The Kier molecular flexibility index (Phi) is 2.61. The van der Waals surface area contributed by atoms with Gasteiger partial charge in [0.1, 0.15) is 0 Å². The van der Waals surface area contributed by atoms with Crippen LogP contribution in [0.5, 0.6) is 0 Å². The lowest BCUT2D eigenvalue weighted by molar-refractivity contribution is -0.0244. The number of aliphatic hydroxyl groups is 1. The standard InChI is InChI=1S/C11H20O2/c1-2-10-7-11(12,8-13-10)9-5-3-4-6-9/h9-10,12H,2-8H2,1H3. The minimum atomic E-state index is -0.475. The summed E-state index contributed by atoms with van der Waals surface area (Å²) >= 11 is 0. The molecule has 2 fully saturated rings. The molecule has 2 nitrogen and oxygen atoms in total. The lowest BCUT2D eigenvalue weighted by atomic mass is 9.84. The van der Waals surface area contributed by atoms with Crippen molar-refractivity contribution >= 4 is 0 Å². The molecule has 2 rings (SSSR count). The zero-order valence-electron chi connectivity index (χ0n) is 8.46. The molecular formula is C11H20O2. The van der Waals surface area contributed by atoms with Gasteiger partial charge in [0.2, 0.25) is 0 Å². The smallest absolute Gasteiger partial charge is 0.0932 e. The topological polar surface area (TPSA) is 29.5 Å². The second-order valence-corrected chi connectivity index (χ2v) is 4.63. The van der Waals surface area contributed by atoms with Crippen LogP contribution in [0.25, 0.3) is 0 Å². The summed E-state index contributed by atoms with van der Waals surface area (Å²) in [4.78, 5) is 0. The van der Waals surface area contributed by atoms with E-state index in [0.29, 0.717) is 18.6 Å². The summed E-state index contributed by atoms with van der Waals surface area (Å²) < 4.78 is 5.58. The van der Waals surface area contributed by atoms with Crippen molar-refractivity contribution < 1.29 is 9.84 Å². The van der Waals surface area contributed by atoms with Crippen LogP contribution in [0.3, 0.4) is 0 Å². The molecule has 2 heteroatoms. The molecule has 1 aliphatic heterocycles. The van der Waals surface area contributed by atoms with Crippen molar-refractivity contribution in [2.24, 2.45) is 5.92 Å². The van der Waals surface area contributed by atoms with Gasteiger partial charge in [0, 0.05) is 6.42 Å². The molecule has 1 N–H and O–H groups in total. The first-order valence-electron chi connectivity index (χ1n) is 5.58. The third kappa shape index (κ3) is 1.75. The number of rotatable bonds is 2. The average molecular weight is 184 g/mol. The molecule has 0 aromatic rings. The van der Waals surface area contributed by atoms with E-state index in [9.17, 15) is 5.11 Å². The van der Waals surface area contributed by atoms with Crippen molar-refractivity contribution in [3.63, 3.8) is 0 Å². The molecule has 2 atom stereocenters. The SMILES string of the molecule is CCC1CC(O)(C2CCCC2)CO1. The second-order valence-electron chi connectivity index (χ2n) is 4.63. The van der Waals surface area contributed by atoms with Crippen LogP contribution < -0.4 is 0 Å². The number of ether oxygens (including phenoxy) is 1. The van der Waals surface area contributed by atoms with E-state index in [1.165, 1.54) is 25.7 Å². The van der Waals surface area contributed by atoms with Gasteiger partial charge in [-0.05, 0) is 25.2 Å². The predicted molar refractivity (Wildman–Crippen MR) is 51.6 cm³/mol. The Morgan fingerprint density at radius 1 is 1.38 bits per heavy atom. The van der Waals surface area contributed by atoms with Crippen molar-refractivity contribution in [2.45, 2.75) is 57.2 Å². The highest BCUT2D eigenvalue weighted by Gasteiger charge is 2.44. The second kappa shape index (κ2) is 3.58. The Morgan fingerprint density at radius 3 is 2.62 bits per heavy atom. The van der Waals surface area contributed by atoms with Gasteiger partial charge >= 0.3 is 0 Å². The summed E-state index contributed by atoms with van der Waals surface area (Å²) in [5.41, 5.74) is -0.475. The molecule has 0 radical (unpaired) electrons. The van der Waals surface area contributed by atoms with Gasteiger partial charge in [0.05, 0.1) is 18.3 Å². The zero-order chi connectivity index (χ0) is 9.31. The molecule has 0 bridgehead atoms. The monoisotopic (exact) mass is 184 g/mol. The maximum absolute atomic E-state index is 10.4. The molecule has 0 aromatic carbocycles. The molecular weight excluding hydrogens is 164 g/mol. The van der Waals surface area contributed by atoms with Crippen LogP contribution in [0.15, 0.2) is 0 Å². The van der Waals surface area contributed by atoms with Crippen LogP contribution in [0.4, 0.5) is 0 Å². The minimum Gasteiger partial charge on any atom is -0.387 e. The normalized spacial score (nSPS) is 41.5. The molecule has 0 aromatic heterocycles. The van der Waals surface area contributed by atoms with E-state index in [2.05, 4.69) is 6.92 Å². The largest absolute Gasteiger partial charge is 0.387 e. The molecule has 0 amide bonds. The Labute approximate surface area is 80.3 Å². The molecule has 1 saturated carbocycles. The van der Waals surface area contributed by atoms with Crippen LogP contribution in [-0.2, 0) is 4.74 Å². The summed E-state index contributed by atoms with van der Waals surface area (Å²) in [6.07, 6.45) is 7.22. The third-order valence-electron chi connectivity index (χ3n) is 3.72. The first kappa shape index (κ1) is 9.47. The molecule has 13 heavy (non-hydrogen) atoms. The highest BCUT2D eigenvalue weighted by molar-refractivity contribution is 4.94. The lowest BCUT2D eigenvalue weighted by Crippen LogP contribution is -2.37. The lowest BCUT2D eigenvalue weighted by Gasteiger charge is -2.27. The van der Waals surface area contributed by atoms with Crippen LogP contribution >= 0.6 is 0 Å². The van der Waals surface area contributed by atoms with E-state index in [-0.39, 0.29) is 0 Å². The summed E-state index contributed by atoms with van der Waals surface area (Å²) in [5.74, 6) is 0.518. The van der Waals surface area contributed by atoms with Gasteiger partial charge in [-0.2, -0.15) is 0 Å². The summed E-state index contributed by atoms with van der Waals surface area (Å²) in [6.45, 7) is 2.71. The molecule has 2 unspecified atom stereocenters. The minimum absolute atomic E-state index is 0.311. The molecule has 0 spiro atoms. The van der Waals surface area contributed by atoms with E-state index < -0.39 is 5.60 Å². The predicted octanol–water partition coefficient (Wildman–Crippen LogP) is 2.11. The van der Waals surface area contributed by atoms with Crippen molar-refractivity contribution in [1.29, 1.82) is 0 Å². The van der Waals surface area contributed by atoms with Gasteiger partial charge in [-0.15, -0.1) is 0 Å². The Morgan fingerprint density at radius 2 is 2.08 bits per heavy atom. The fourth-order valence-corrected chi connectivity index (χ4v) is 2.78. The molecule has 1 heterocycles. The Hall–Kier alpha value is -0.0800. The Bertz CT molecular complexity index is 175. The first-order valence-corrected chi connectivity index (χ1v) is 5.58. The molecule has 76 valence electrons. The third-order valence-corrected chi connectivity index (χ3v) is 3.72. The Balaban J connectivity index is 1.96. The van der Waals surface area contributed by atoms with Crippen molar-refractivity contribution in [3.8, 4) is 0 Å². The maximum Gasteiger partial charge on any atom is 0.0932 e. The molecule has 2 aliphatic rings. The van der Waals surface area contributed by atoms with Crippen LogP contribution in [0.1, 0.15) is 45.4 Å². The molecule has 1 saturated heterocycles. The quantitative estimate of drug-likeness (QED) is 0.712. The van der Waals surface area contributed by atoms with Gasteiger partial charge in [-0.25, -0.2) is 0 Å². The van der Waals surface area contributed by atoms with Gasteiger partial charge in [-0.1, -0.05) is 19.8 Å². The van der Waals surface area contributed by atoms with Crippen LogP contribution in [0, 0.1) is 5.92 Å². The fourth-order valence-electron chi connectivity index (χ4n) is 2.78. The first-order chi connectivity index (χ1) is 6.24. The van der Waals surface area contributed by atoms with Crippen molar-refractivity contribution in [1.82, 2.24) is 0 Å². The van der Waals surface area contributed by atoms with E-state index in [0.717, 1.165) is 12.8 Å². The number of hydrogen-bond acceptors (Lipinski definition) is 2. The van der Waals surface area contributed by atoms with E-state index in [1.807, 2.05) is 0 Å². The average Bonchev–Trinajstić information content (AvgIpc) is 2.72. The van der Waals surface area contributed by atoms with Gasteiger partial charge in [-0.3, -0.25) is 0 Å². The van der Waals surface area contributed by atoms with Gasteiger partial charge < -0.3 is 9.84 Å². The zero-order valence-corrected chi connectivity index (χ0v) is 8.46. The maximum atomic E-state index is 10.4. The van der Waals surface area contributed by atoms with E-state index in [1.54, 1.807) is 0 Å². The van der Waals surface area contributed by atoms with E-state index >= 15 is 0 Å². The summed E-state index contributed by atoms with van der Waals surface area (Å²) in [5, 5.41) is 10.4. The van der Waals surface area contributed by atoms with Crippen molar-refractivity contribution in [3.05, 3.63) is 0 Å². The number of hydrogen-bond donors (Lipinski definition) is 1. The van der Waals surface area contributed by atoms with Crippen LogP contribution in [-0.4, -0.2) is 23.4 Å². The van der Waals surface area contributed by atoms with Crippen LogP contribution in [0.2, 0.25) is 0 Å². The summed E-state index contributed by atoms with van der Waals surface area (Å²) in [7, 11) is 0. The molecule has 1 aliphatic carbocycles. The van der Waals surface area contributed by atoms with Gasteiger partial charge in [0.15, 0.2) is 0 Å². The van der Waals surface area contributed by atoms with Crippen molar-refractivity contribution in [2.75, 3.05) is 6.61 Å². The highest BCUT2D eigenvalue weighted by Crippen LogP contribution is 2.40. The highest BCUT2D eigenvalue weighted by atomic mass is 16.5. The van der Waals surface area contributed by atoms with E-state index in [4.69, 9.17) is 4.74 Å². The van der Waals surface area contributed by atoms with Gasteiger partial charge in [0.25, 0.3) is 0 Å². The fraction of sp³-hybridized carbons (Fsp3) is 1.00. The summed E-state index contributed by atoms with van der Waals surface area (Å²) in [6, 6.07) is 0.